The number of nitrogens with one attached hydrogen (secondary N) is 2. The SMILES string of the molecule is [O-]C(=S)NCCNC([O-])=S.[Zn+2]. The van der Waals surface area contributed by atoms with Gasteiger partial charge in [0, 0.05) is 23.4 Å². The van der Waals surface area contributed by atoms with E-state index in [2.05, 4.69) is 35.1 Å². The van der Waals surface area contributed by atoms with Gasteiger partial charge in [0.05, 0.1) is 0 Å². The van der Waals surface area contributed by atoms with Crippen molar-refractivity contribution in [3.05, 3.63) is 0 Å². The molecule has 0 rings (SSSR count). The van der Waals surface area contributed by atoms with E-state index in [4.69, 9.17) is 0 Å². The average molecular weight is 244 g/mol. The Balaban J connectivity index is 0. The Morgan fingerprint density at radius 1 is 1.00 bits per heavy atom. The van der Waals surface area contributed by atoms with Gasteiger partial charge in [0.25, 0.3) is 0 Å². The first-order valence-corrected chi connectivity index (χ1v) is 3.34. The maximum Gasteiger partial charge on any atom is 2.00 e. The second-order valence-corrected chi connectivity index (χ2v) is 2.17. The van der Waals surface area contributed by atoms with Crippen LogP contribution in [0.3, 0.4) is 0 Å². The molecule has 0 aliphatic rings. The molecular weight excluding hydrogens is 238 g/mol. The molecule has 0 amide bonds. The van der Waals surface area contributed by atoms with Gasteiger partial charge in [0.1, 0.15) is 0 Å². The fourth-order valence-electron chi connectivity index (χ4n) is 0.329. The van der Waals surface area contributed by atoms with Crippen LogP contribution < -0.4 is 20.8 Å². The number of rotatable bonds is 3. The minimum absolute atomic E-state index is 0. The fourth-order valence-corrected chi connectivity index (χ4v) is 0.533. The summed E-state index contributed by atoms with van der Waals surface area (Å²) in [6, 6.07) is 0. The first-order valence-electron chi connectivity index (χ1n) is 2.52. The molecule has 0 aromatic carbocycles. The van der Waals surface area contributed by atoms with E-state index in [1.165, 1.54) is 0 Å². The smallest absolute Gasteiger partial charge is 0.852 e. The molecule has 0 saturated heterocycles. The third kappa shape index (κ3) is 13.1. The van der Waals surface area contributed by atoms with Crippen LogP contribution in [0.4, 0.5) is 0 Å². The van der Waals surface area contributed by atoms with E-state index in [0.29, 0.717) is 13.1 Å². The molecule has 0 heterocycles. The summed E-state index contributed by atoms with van der Waals surface area (Å²) in [7, 11) is 0. The molecule has 0 saturated carbocycles. The minimum atomic E-state index is -0.529. The van der Waals surface area contributed by atoms with Crippen molar-refractivity contribution in [1.82, 2.24) is 10.6 Å². The Kier molecular flexibility index (Phi) is 10.0. The molecule has 0 bridgehead atoms. The second kappa shape index (κ2) is 8.10. The van der Waals surface area contributed by atoms with Crippen LogP contribution in [0.25, 0.3) is 0 Å². The molecule has 58 valence electrons. The summed E-state index contributed by atoms with van der Waals surface area (Å²) < 4.78 is 0. The van der Waals surface area contributed by atoms with Gasteiger partial charge >= 0.3 is 19.5 Å². The van der Waals surface area contributed by atoms with Crippen LogP contribution >= 0.6 is 24.4 Å². The Morgan fingerprint density at radius 3 is 1.45 bits per heavy atom. The molecule has 0 spiro atoms. The number of thiocarbonyl (C=S) groups is 2. The van der Waals surface area contributed by atoms with E-state index < -0.39 is 10.3 Å². The van der Waals surface area contributed by atoms with Gasteiger partial charge in [-0.2, -0.15) is 0 Å². The van der Waals surface area contributed by atoms with Gasteiger partial charge in [0.15, 0.2) is 0 Å². The summed E-state index contributed by atoms with van der Waals surface area (Å²) in [5.74, 6) is 0. The van der Waals surface area contributed by atoms with Crippen molar-refractivity contribution in [2.24, 2.45) is 0 Å². The van der Waals surface area contributed by atoms with Crippen LogP contribution in [0, 0.1) is 0 Å². The number of hydrogen-bond acceptors (Lipinski definition) is 4. The molecule has 0 fully saturated rings. The van der Waals surface area contributed by atoms with Gasteiger partial charge in [-0.25, -0.2) is 0 Å². The maximum atomic E-state index is 10.1. The minimum Gasteiger partial charge on any atom is -0.852 e. The predicted octanol–water partition coefficient (Wildman–Crippen LogP) is -2.55. The van der Waals surface area contributed by atoms with Gasteiger partial charge in [-0.05, 0) is 0 Å². The van der Waals surface area contributed by atoms with E-state index in [-0.39, 0.29) is 19.5 Å². The van der Waals surface area contributed by atoms with E-state index in [1.54, 1.807) is 0 Å². The predicted molar refractivity (Wildman–Crippen MR) is 41.2 cm³/mol. The average Bonchev–Trinajstić information content (AvgIpc) is 1.79. The second-order valence-electron chi connectivity index (χ2n) is 1.43. The van der Waals surface area contributed by atoms with Crippen molar-refractivity contribution in [2.45, 2.75) is 0 Å². The topological polar surface area (TPSA) is 70.2 Å². The Hall–Kier alpha value is 0.00338. The van der Waals surface area contributed by atoms with Crippen molar-refractivity contribution in [2.75, 3.05) is 13.1 Å². The summed E-state index contributed by atoms with van der Waals surface area (Å²) >= 11 is 8.34. The van der Waals surface area contributed by atoms with E-state index >= 15 is 0 Å². The fraction of sp³-hybridized carbons (Fsp3) is 0.500. The maximum absolute atomic E-state index is 10.1. The zero-order valence-corrected chi connectivity index (χ0v) is 10.4. The standard InChI is InChI=1S/C4H8N2O2S2.Zn/c7-3(9)5-1-2-6-4(8)10;/h1-2H2,(H2,5,7,9)(H2,6,8,10);/q;+2/p-2. The Bertz CT molecular complexity index is 128. The van der Waals surface area contributed by atoms with Crippen LogP contribution in [-0.4, -0.2) is 23.4 Å². The van der Waals surface area contributed by atoms with Crippen molar-refractivity contribution in [1.29, 1.82) is 0 Å². The third-order valence-corrected chi connectivity index (χ3v) is 0.952. The van der Waals surface area contributed by atoms with Crippen molar-refractivity contribution < 1.29 is 29.7 Å². The van der Waals surface area contributed by atoms with E-state index in [1.807, 2.05) is 0 Å². The number of hydrogen-bond donors (Lipinski definition) is 2. The molecule has 0 radical (unpaired) electrons. The molecule has 7 heteroatoms. The molecule has 0 aliphatic carbocycles. The van der Waals surface area contributed by atoms with Gasteiger partial charge in [0.2, 0.25) is 0 Å². The monoisotopic (exact) mass is 242 g/mol. The van der Waals surface area contributed by atoms with Gasteiger partial charge in [-0.3, -0.25) is 0 Å². The van der Waals surface area contributed by atoms with Crippen LogP contribution in [0.15, 0.2) is 0 Å². The quantitative estimate of drug-likeness (QED) is 0.323. The van der Waals surface area contributed by atoms with E-state index in [0.717, 1.165) is 0 Å². The van der Waals surface area contributed by atoms with E-state index in [9.17, 15) is 10.2 Å². The molecule has 0 atom stereocenters. The molecule has 0 aliphatic heterocycles. The summed E-state index contributed by atoms with van der Waals surface area (Å²) in [6.07, 6.45) is 0. The molecule has 0 unspecified atom stereocenters. The van der Waals surface area contributed by atoms with Crippen LogP contribution in [0.1, 0.15) is 0 Å². The van der Waals surface area contributed by atoms with Crippen molar-refractivity contribution >= 4 is 34.8 Å². The van der Waals surface area contributed by atoms with Crippen LogP contribution in [0.5, 0.6) is 0 Å². The summed E-state index contributed by atoms with van der Waals surface area (Å²) in [4.78, 5) is 0. The first kappa shape index (κ1) is 13.6. The zero-order chi connectivity index (χ0) is 7.98. The van der Waals surface area contributed by atoms with Crippen LogP contribution in [-0.2, 0) is 19.5 Å². The summed E-state index contributed by atoms with van der Waals surface area (Å²) in [5.41, 5.74) is 0. The zero-order valence-electron chi connectivity index (χ0n) is 5.75. The van der Waals surface area contributed by atoms with Crippen molar-refractivity contribution in [3.8, 4) is 0 Å². The van der Waals surface area contributed by atoms with Crippen molar-refractivity contribution in [3.63, 3.8) is 0 Å². The molecule has 2 N–H and O–H groups in total. The Labute approximate surface area is 88.1 Å². The summed E-state index contributed by atoms with van der Waals surface area (Å²) in [6.45, 7) is 0.648. The normalized spacial score (nSPS) is 7.64. The van der Waals surface area contributed by atoms with Crippen LogP contribution in [0.2, 0.25) is 0 Å². The molecule has 0 aromatic rings. The largest absolute Gasteiger partial charge is 2.00 e. The van der Waals surface area contributed by atoms with Gasteiger partial charge in [-0.15, -0.1) is 0 Å². The van der Waals surface area contributed by atoms with Gasteiger partial charge < -0.3 is 20.8 Å². The molecule has 0 aromatic heterocycles. The first-order chi connectivity index (χ1) is 4.63. The van der Waals surface area contributed by atoms with Gasteiger partial charge in [-0.1, -0.05) is 24.4 Å². The molecular formula is C4H6N2O2S2Zn. The Morgan fingerprint density at radius 2 is 1.27 bits per heavy atom. The third-order valence-electron chi connectivity index (χ3n) is 0.664. The molecule has 4 nitrogen and oxygen atoms in total. The molecule has 11 heavy (non-hydrogen) atoms. The summed E-state index contributed by atoms with van der Waals surface area (Å²) in [5, 5.41) is 23.7.